The molecule has 0 aliphatic carbocycles. The molecule has 0 aliphatic rings. The summed E-state index contributed by atoms with van der Waals surface area (Å²) in [5.41, 5.74) is 0.974. The Morgan fingerprint density at radius 3 is 2.90 bits per heavy atom. The van der Waals surface area contributed by atoms with Gasteiger partial charge in [-0.15, -0.1) is 5.10 Å². The van der Waals surface area contributed by atoms with Gasteiger partial charge in [0.25, 0.3) is 0 Å². The van der Waals surface area contributed by atoms with Gasteiger partial charge >= 0.3 is 0 Å². The predicted octanol–water partition coefficient (Wildman–Crippen LogP) is 3.22. The third-order valence-electron chi connectivity index (χ3n) is 2.49. The SMILES string of the molecule is Cc1nc(CSc2n[nH]c(-c3ccccc3Br)n2)no1. The molecule has 0 unspecified atom stereocenters. The van der Waals surface area contributed by atoms with Gasteiger partial charge < -0.3 is 4.52 Å². The van der Waals surface area contributed by atoms with Gasteiger partial charge in [-0.2, -0.15) is 4.98 Å². The Kier molecular flexibility index (Phi) is 3.83. The molecule has 3 rings (SSSR count). The minimum absolute atomic E-state index is 0.560. The summed E-state index contributed by atoms with van der Waals surface area (Å²) in [5, 5.41) is 11.6. The summed E-state index contributed by atoms with van der Waals surface area (Å²) < 4.78 is 5.89. The summed E-state index contributed by atoms with van der Waals surface area (Å²) in [7, 11) is 0. The van der Waals surface area contributed by atoms with E-state index >= 15 is 0 Å². The van der Waals surface area contributed by atoms with Crippen LogP contribution in [0.5, 0.6) is 0 Å². The highest BCUT2D eigenvalue weighted by atomic mass is 79.9. The fourth-order valence-electron chi connectivity index (χ4n) is 1.61. The summed E-state index contributed by atoms with van der Waals surface area (Å²) in [6.07, 6.45) is 0. The van der Waals surface area contributed by atoms with Crippen molar-refractivity contribution < 1.29 is 4.52 Å². The molecule has 0 atom stereocenters. The van der Waals surface area contributed by atoms with Crippen LogP contribution in [0.3, 0.4) is 0 Å². The molecule has 1 aromatic carbocycles. The molecule has 0 fully saturated rings. The van der Waals surface area contributed by atoms with E-state index in [1.54, 1.807) is 6.92 Å². The van der Waals surface area contributed by atoms with E-state index in [0.717, 1.165) is 15.9 Å². The van der Waals surface area contributed by atoms with Crippen LogP contribution in [0.25, 0.3) is 11.4 Å². The van der Waals surface area contributed by atoms with E-state index in [4.69, 9.17) is 4.52 Å². The zero-order chi connectivity index (χ0) is 13.9. The minimum Gasteiger partial charge on any atom is -0.340 e. The van der Waals surface area contributed by atoms with Gasteiger partial charge in [0.2, 0.25) is 11.0 Å². The molecule has 0 amide bonds. The van der Waals surface area contributed by atoms with Gasteiger partial charge in [0, 0.05) is 17.0 Å². The number of H-pyrrole nitrogens is 1. The molecule has 0 saturated carbocycles. The lowest BCUT2D eigenvalue weighted by Gasteiger charge is -1.97. The molecule has 20 heavy (non-hydrogen) atoms. The molecule has 2 heterocycles. The summed E-state index contributed by atoms with van der Waals surface area (Å²) in [4.78, 5) is 8.58. The molecule has 0 spiro atoms. The Bertz CT molecular complexity index is 726. The van der Waals surface area contributed by atoms with Gasteiger partial charge in [-0.05, 0) is 6.07 Å². The first-order valence-corrected chi connectivity index (χ1v) is 7.59. The second kappa shape index (κ2) is 5.76. The number of aromatic amines is 1. The van der Waals surface area contributed by atoms with Crippen molar-refractivity contribution in [3.8, 4) is 11.4 Å². The summed E-state index contributed by atoms with van der Waals surface area (Å²) in [6, 6.07) is 7.85. The van der Waals surface area contributed by atoms with Crippen LogP contribution in [0.2, 0.25) is 0 Å². The number of halogens is 1. The number of hydrogen-bond acceptors (Lipinski definition) is 6. The van der Waals surface area contributed by atoms with Crippen molar-refractivity contribution in [2.24, 2.45) is 0 Å². The Balaban J connectivity index is 1.72. The van der Waals surface area contributed by atoms with Crippen LogP contribution in [-0.2, 0) is 5.75 Å². The molecule has 0 saturated heterocycles. The first-order valence-electron chi connectivity index (χ1n) is 5.81. The van der Waals surface area contributed by atoms with E-state index in [9.17, 15) is 0 Å². The molecule has 2 aromatic heterocycles. The van der Waals surface area contributed by atoms with Crippen molar-refractivity contribution in [1.29, 1.82) is 0 Å². The number of hydrogen-bond donors (Lipinski definition) is 1. The van der Waals surface area contributed by atoms with Crippen molar-refractivity contribution >= 4 is 27.7 Å². The van der Waals surface area contributed by atoms with E-state index in [1.807, 2.05) is 24.3 Å². The van der Waals surface area contributed by atoms with Crippen LogP contribution in [0.15, 0.2) is 38.4 Å². The van der Waals surface area contributed by atoms with Gasteiger partial charge in [-0.25, -0.2) is 4.98 Å². The molecular weight excluding hydrogens is 342 g/mol. The van der Waals surface area contributed by atoms with Crippen LogP contribution >= 0.6 is 27.7 Å². The van der Waals surface area contributed by atoms with Gasteiger partial charge in [-0.1, -0.05) is 51.0 Å². The van der Waals surface area contributed by atoms with E-state index in [0.29, 0.717) is 22.6 Å². The van der Waals surface area contributed by atoms with Crippen molar-refractivity contribution in [2.75, 3.05) is 0 Å². The van der Waals surface area contributed by atoms with E-state index in [-0.39, 0.29) is 0 Å². The van der Waals surface area contributed by atoms with Crippen molar-refractivity contribution in [2.45, 2.75) is 17.8 Å². The Morgan fingerprint density at radius 2 is 2.15 bits per heavy atom. The molecule has 3 aromatic rings. The van der Waals surface area contributed by atoms with Gasteiger partial charge in [0.1, 0.15) is 0 Å². The topological polar surface area (TPSA) is 80.5 Å². The molecule has 102 valence electrons. The normalized spacial score (nSPS) is 10.9. The zero-order valence-corrected chi connectivity index (χ0v) is 12.9. The van der Waals surface area contributed by atoms with Crippen LogP contribution in [0.4, 0.5) is 0 Å². The molecule has 0 radical (unpaired) electrons. The highest BCUT2D eigenvalue weighted by molar-refractivity contribution is 9.10. The quantitative estimate of drug-likeness (QED) is 0.726. The first-order chi connectivity index (χ1) is 9.72. The maximum Gasteiger partial charge on any atom is 0.223 e. The minimum atomic E-state index is 0.560. The number of thioether (sulfide) groups is 1. The third kappa shape index (κ3) is 2.91. The average Bonchev–Trinajstić information content (AvgIpc) is 3.06. The smallest absolute Gasteiger partial charge is 0.223 e. The monoisotopic (exact) mass is 351 g/mol. The van der Waals surface area contributed by atoms with Crippen molar-refractivity contribution in [1.82, 2.24) is 25.3 Å². The van der Waals surface area contributed by atoms with Gasteiger partial charge in [-0.3, -0.25) is 5.10 Å². The lowest BCUT2D eigenvalue weighted by atomic mass is 10.2. The second-order valence-electron chi connectivity index (χ2n) is 3.96. The van der Waals surface area contributed by atoms with Crippen LogP contribution < -0.4 is 0 Å². The van der Waals surface area contributed by atoms with E-state index in [2.05, 4.69) is 41.3 Å². The number of nitrogens with zero attached hydrogens (tertiary/aromatic N) is 4. The Morgan fingerprint density at radius 1 is 1.30 bits per heavy atom. The second-order valence-corrected chi connectivity index (χ2v) is 5.76. The average molecular weight is 352 g/mol. The highest BCUT2D eigenvalue weighted by Crippen LogP contribution is 2.27. The van der Waals surface area contributed by atoms with Crippen molar-refractivity contribution in [3.63, 3.8) is 0 Å². The Hall–Kier alpha value is -1.67. The van der Waals surface area contributed by atoms with Gasteiger partial charge in [0.15, 0.2) is 11.6 Å². The number of aromatic nitrogens is 5. The maximum absolute atomic E-state index is 4.91. The first kappa shape index (κ1) is 13.3. The predicted molar refractivity (Wildman–Crippen MR) is 78.1 cm³/mol. The maximum atomic E-state index is 4.91. The summed E-state index contributed by atoms with van der Waals surface area (Å²) in [6.45, 7) is 1.76. The molecule has 6 nitrogen and oxygen atoms in total. The van der Waals surface area contributed by atoms with Crippen LogP contribution in [0.1, 0.15) is 11.7 Å². The lowest BCUT2D eigenvalue weighted by Crippen LogP contribution is -1.85. The molecule has 0 bridgehead atoms. The van der Waals surface area contributed by atoms with Gasteiger partial charge in [0.05, 0.1) is 5.75 Å². The number of benzene rings is 1. The number of rotatable bonds is 4. The zero-order valence-electron chi connectivity index (χ0n) is 10.5. The largest absolute Gasteiger partial charge is 0.340 e. The number of aryl methyl sites for hydroxylation is 1. The fourth-order valence-corrected chi connectivity index (χ4v) is 2.73. The van der Waals surface area contributed by atoms with E-state index in [1.165, 1.54) is 11.8 Å². The highest BCUT2D eigenvalue weighted by Gasteiger charge is 2.10. The molecule has 1 N–H and O–H groups in total. The van der Waals surface area contributed by atoms with Crippen LogP contribution in [0, 0.1) is 6.92 Å². The van der Waals surface area contributed by atoms with Crippen molar-refractivity contribution in [3.05, 3.63) is 40.5 Å². The van der Waals surface area contributed by atoms with Crippen LogP contribution in [-0.4, -0.2) is 25.3 Å². The Labute approximate surface area is 127 Å². The summed E-state index contributed by atoms with van der Waals surface area (Å²) in [5.74, 6) is 2.50. The molecule has 8 heteroatoms. The standard InChI is InChI=1S/C12H10BrN5OS/c1-7-14-10(18-19-7)6-20-12-15-11(16-17-12)8-4-2-3-5-9(8)13/h2-5H,6H2,1H3,(H,15,16,17). The fraction of sp³-hybridized carbons (Fsp3) is 0.167. The molecule has 0 aliphatic heterocycles. The number of nitrogens with one attached hydrogen (secondary N) is 1. The lowest BCUT2D eigenvalue weighted by molar-refractivity contribution is 0.389. The summed E-state index contributed by atoms with van der Waals surface area (Å²) >= 11 is 4.95. The third-order valence-corrected chi connectivity index (χ3v) is 4.03. The molecular formula is C12H10BrN5OS. The van der Waals surface area contributed by atoms with E-state index < -0.39 is 0 Å².